The highest BCUT2D eigenvalue weighted by Crippen LogP contribution is 2.33. The van der Waals surface area contributed by atoms with Crippen molar-refractivity contribution in [1.82, 2.24) is 5.32 Å². The lowest BCUT2D eigenvalue weighted by Gasteiger charge is -2.28. The molecule has 1 aliphatic heterocycles. The van der Waals surface area contributed by atoms with Crippen molar-refractivity contribution < 1.29 is 24.1 Å². The normalized spacial score (nSPS) is 18.8. The van der Waals surface area contributed by atoms with Gasteiger partial charge < -0.3 is 24.6 Å². The van der Waals surface area contributed by atoms with E-state index in [0.29, 0.717) is 31.2 Å². The van der Waals surface area contributed by atoms with E-state index < -0.39 is 6.29 Å². The Labute approximate surface area is 179 Å². The van der Waals surface area contributed by atoms with Crippen LogP contribution in [0, 0.1) is 0 Å². The van der Waals surface area contributed by atoms with Crippen molar-refractivity contribution in [1.29, 1.82) is 0 Å². The molecule has 0 unspecified atom stereocenters. The quantitative estimate of drug-likeness (QED) is 0.557. The molecule has 1 aromatic carbocycles. The summed E-state index contributed by atoms with van der Waals surface area (Å²) in [7, 11) is 0. The van der Waals surface area contributed by atoms with Crippen molar-refractivity contribution >= 4 is 28.8 Å². The first-order chi connectivity index (χ1) is 14.2. The Hall–Kier alpha value is -1.90. The van der Waals surface area contributed by atoms with Gasteiger partial charge in [-0.15, -0.1) is 11.3 Å². The van der Waals surface area contributed by atoms with Gasteiger partial charge in [0.15, 0.2) is 5.76 Å². The monoisotopic (exact) mass is 437 g/mol. The molecule has 2 heterocycles. The third-order valence-corrected chi connectivity index (χ3v) is 5.58. The lowest BCUT2D eigenvalue weighted by atomic mass is 9.99. The highest BCUT2D eigenvalue weighted by atomic mass is 35.5. The van der Waals surface area contributed by atoms with Gasteiger partial charge in [-0.25, -0.2) is 0 Å². The second kappa shape index (κ2) is 11.3. The van der Waals surface area contributed by atoms with E-state index in [4.69, 9.17) is 30.9 Å². The Morgan fingerprint density at radius 3 is 2.79 bits per heavy atom. The molecule has 0 saturated heterocycles. The third kappa shape index (κ3) is 6.83. The number of carbonyl (C=O) groups is 1. The fourth-order valence-electron chi connectivity index (χ4n) is 2.90. The van der Waals surface area contributed by atoms with E-state index in [0.717, 1.165) is 10.4 Å². The van der Waals surface area contributed by atoms with Gasteiger partial charge in [0.05, 0.1) is 26.4 Å². The minimum absolute atomic E-state index is 0.0267. The Bertz CT molecular complexity index is 794. The van der Waals surface area contributed by atoms with Gasteiger partial charge in [-0.3, -0.25) is 4.79 Å². The minimum Gasteiger partial charge on any atom is -0.459 e. The number of carbonyl (C=O) groups excluding carboxylic acids is 1. The van der Waals surface area contributed by atoms with E-state index in [1.165, 1.54) is 0 Å². The molecular formula is C21H24ClNO5S. The van der Waals surface area contributed by atoms with Gasteiger partial charge in [-0.05, 0) is 35.2 Å². The molecular weight excluding hydrogens is 414 g/mol. The number of aliphatic hydroxyl groups is 1. The number of nitrogens with one attached hydrogen (secondary N) is 1. The summed E-state index contributed by atoms with van der Waals surface area (Å²) in [5.41, 5.74) is 0.947. The fourth-order valence-corrected chi connectivity index (χ4v) is 3.83. The largest absolute Gasteiger partial charge is 0.459 e. The van der Waals surface area contributed by atoms with Crippen LogP contribution in [0.15, 0.2) is 53.6 Å². The number of benzene rings is 1. The number of halogens is 1. The molecule has 0 spiro atoms. The molecule has 3 rings (SSSR count). The maximum atomic E-state index is 12.7. The maximum absolute atomic E-state index is 12.7. The molecule has 2 atom stereocenters. The predicted octanol–water partition coefficient (Wildman–Crippen LogP) is 3.46. The number of allylic oxidation sites excluding steroid dienone is 1. The van der Waals surface area contributed by atoms with Crippen LogP contribution in [0.4, 0.5) is 0 Å². The van der Waals surface area contributed by atoms with Crippen molar-refractivity contribution in [3.8, 4) is 0 Å². The molecule has 2 N–H and O–H groups in total. The van der Waals surface area contributed by atoms with E-state index in [2.05, 4.69) is 5.32 Å². The molecule has 1 amide bonds. The zero-order chi connectivity index (χ0) is 20.5. The summed E-state index contributed by atoms with van der Waals surface area (Å²) in [6.07, 6.45) is 1.93. The van der Waals surface area contributed by atoms with Crippen molar-refractivity contribution in [2.45, 2.75) is 25.2 Å². The van der Waals surface area contributed by atoms with Gasteiger partial charge in [0.1, 0.15) is 0 Å². The summed E-state index contributed by atoms with van der Waals surface area (Å²) in [6, 6.07) is 11.3. The van der Waals surface area contributed by atoms with Crippen molar-refractivity contribution in [2.75, 3.05) is 26.4 Å². The van der Waals surface area contributed by atoms with E-state index in [9.17, 15) is 4.79 Å². The number of thiophene rings is 1. The molecule has 0 saturated carbocycles. The van der Waals surface area contributed by atoms with Gasteiger partial charge in [0, 0.05) is 28.8 Å². The molecule has 0 aliphatic carbocycles. The Morgan fingerprint density at radius 1 is 1.24 bits per heavy atom. The Morgan fingerprint density at radius 2 is 2.07 bits per heavy atom. The smallest absolute Gasteiger partial charge is 0.286 e. The standard InChI is InChI=1S/C21H24ClNO5S/c22-17-5-3-15(4-6-17)14-23-21(25)18-12-16(19-2-1-11-29-19)13-20(28-18)27-10-9-26-8-7-24/h1-6,11-12,16,20,24H,7-10,13-14H2,(H,23,25)/t16-,20+/m0/s1. The zero-order valence-corrected chi connectivity index (χ0v) is 17.5. The summed E-state index contributed by atoms with van der Waals surface area (Å²) in [5.74, 6) is 0.0135. The van der Waals surface area contributed by atoms with Crippen LogP contribution >= 0.6 is 22.9 Å². The molecule has 1 aliphatic rings. The Kier molecular flexibility index (Phi) is 8.52. The van der Waals surface area contributed by atoms with Crippen LogP contribution in [0.1, 0.15) is 22.8 Å². The summed E-state index contributed by atoms with van der Waals surface area (Å²) < 4.78 is 16.8. The zero-order valence-electron chi connectivity index (χ0n) is 15.9. The molecule has 8 heteroatoms. The van der Waals surface area contributed by atoms with Crippen LogP contribution in [0.5, 0.6) is 0 Å². The van der Waals surface area contributed by atoms with Crippen LogP contribution in [0.3, 0.4) is 0 Å². The maximum Gasteiger partial charge on any atom is 0.286 e. The first-order valence-corrected chi connectivity index (χ1v) is 10.7. The van der Waals surface area contributed by atoms with Crippen LogP contribution in [-0.4, -0.2) is 43.7 Å². The van der Waals surface area contributed by atoms with Crippen LogP contribution < -0.4 is 5.32 Å². The van der Waals surface area contributed by atoms with Gasteiger partial charge in [-0.1, -0.05) is 29.8 Å². The summed E-state index contributed by atoms with van der Waals surface area (Å²) in [4.78, 5) is 13.8. The number of hydrogen-bond donors (Lipinski definition) is 2. The van der Waals surface area contributed by atoms with Crippen molar-refractivity contribution in [3.05, 3.63) is 69.1 Å². The molecule has 29 heavy (non-hydrogen) atoms. The molecule has 0 bridgehead atoms. The first kappa shape index (κ1) is 21.8. The average molecular weight is 438 g/mol. The lowest BCUT2D eigenvalue weighted by Crippen LogP contribution is -2.33. The van der Waals surface area contributed by atoms with Gasteiger partial charge in [0.2, 0.25) is 6.29 Å². The molecule has 2 aromatic rings. The second-order valence-corrected chi connectivity index (χ2v) is 7.87. The fraction of sp³-hybridized carbons (Fsp3) is 0.381. The lowest BCUT2D eigenvalue weighted by molar-refractivity contribution is -0.151. The molecule has 6 nitrogen and oxygen atoms in total. The number of ether oxygens (including phenoxy) is 3. The number of aliphatic hydroxyl groups excluding tert-OH is 1. The minimum atomic E-state index is -0.541. The highest BCUT2D eigenvalue weighted by molar-refractivity contribution is 7.10. The van der Waals surface area contributed by atoms with E-state index in [1.807, 2.05) is 35.7 Å². The molecule has 0 radical (unpaired) electrons. The average Bonchev–Trinajstić information content (AvgIpc) is 3.28. The van der Waals surface area contributed by atoms with E-state index >= 15 is 0 Å². The second-order valence-electron chi connectivity index (χ2n) is 6.45. The van der Waals surface area contributed by atoms with Crippen molar-refractivity contribution in [3.63, 3.8) is 0 Å². The first-order valence-electron chi connectivity index (χ1n) is 9.40. The number of hydrogen-bond acceptors (Lipinski definition) is 6. The molecule has 1 aromatic heterocycles. The van der Waals surface area contributed by atoms with Gasteiger partial charge >= 0.3 is 0 Å². The third-order valence-electron chi connectivity index (χ3n) is 4.32. The summed E-state index contributed by atoms with van der Waals surface area (Å²) >= 11 is 7.54. The SMILES string of the molecule is O=C(NCc1ccc(Cl)cc1)C1=C[C@H](c2cccs2)C[C@H](OCCOCCO)O1. The summed E-state index contributed by atoms with van der Waals surface area (Å²) in [6.45, 7) is 1.29. The molecule has 156 valence electrons. The van der Waals surface area contributed by atoms with Crippen molar-refractivity contribution in [2.24, 2.45) is 0 Å². The van der Waals surface area contributed by atoms with E-state index in [1.54, 1.807) is 23.5 Å². The Balaban J connectivity index is 1.60. The highest BCUT2D eigenvalue weighted by Gasteiger charge is 2.29. The number of rotatable bonds is 10. The van der Waals surface area contributed by atoms with Crippen LogP contribution in [-0.2, 0) is 25.5 Å². The van der Waals surface area contributed by atoms with Crippen LogP contribution in [0.25, 0.3) is 0 Å². The van der Waals surface area contributed by atoms with Gasteiger partial charge in [0.25, 0.3) is 5.91 Å². The molecule has 0 fully saturated rings. The van der Waals surface area contributed by atoms with Gasteiger partial charge in [-0.2, -0.15) is 0 Å². The topological polar surface area (TPSA) is 77.0 Å². The summed E-state index contributed by atoms with van der Waals surface area (Å²) in [5, 5.41) is 14.3. The predicted molar refractivity (Wildman–Crippen MR) is 112 cm³/mol. The van der Waals surface area contributed by atoms with Crippen LogP contribution in [0.2, 0.25) is 5.02 Å². The number of amides is 1. The van der Waals surface area contributed by atoms with E-state index in [-0.39, 0.29) is 30.8 Å².